The van der Waals surface area contributed by atoms with Gasteiger partial charge in [0.15, 0.2) is 0 Å². The van der Waals surface area contributed by atoms with Gasteiger partial charge in [-0.05, 0) is 59.7 Å². The standard InChI is InChI=1S/C27H19F6NO2/c28-26(29,30)21-9-8-19(24(15-21)27(31,32)33)16-34-22(7-4-12-35)13-20-14-23(10-11-25(20)34)36-17-18-5-2-1-3-6-18/h1-15H,16-17H2. The molecule has 0 saturated heterocycles. The van der Waals surface area contributed by atoms with Gasteiger partial charge in [-0.25, -0.2) is 0 Å². The van der Waals surface area contributed by atoms with Gasteiger partial charge < -0.3 is 9.30 Å². The third-order valence-corrected chi connectivity index (χ3v) is 5.57. The van der Waals surface area contributed by atoms with Crippen molar-refractivity contribution in [3.05, 3.63) is 107 Å². The number of carbonyl (C=O) groups excluding carboxylic acids is 1. The van der Waals surface area contributed by atoms with Crippen LogP contribution in [0.4, 0.5) is 26.3 Å². The summed E-state index contributed by atoms with van der Waals surface area (Å²) < 4.78 is 87.6. The zero-order valence-corrected chi connectivity index (χ0v) is 18.6. The maximum atomic E-state index is 13.7. The van der Waals surface area contributed by atoms with Crippen LogP contribution in [0.25, 0.3) is 17.0 Å². The number of hydrogen-bond donors (Lipinski definition) is 0. The van der Waals surface area contributed by atoms with Crippen molar-refractivity contribution in [2.24, 2.45) is 0 Å². The smallest absolute Gasteiger partial charge is 0.416 e. The number of hydrogen-bond acceptors (Lipinski definition) is 2. The predicted octanol–water partition coefficient (Wildman–Crippen LogP) is 7.52. The Morgan fingerprint density at radius 3 is 2.25 bits per heavy atom. The van der Waals surface area contributed by atoms with Gasteiger partial charge in [-0.3, -0.25) is 4.79 Å². The van der Waals surface area contributed by atoms with Gasteiger partial charge in [-0.15, -0.1) is 0 Å². The molecule has 0 N–H and O–H groups in total. The van der Waals surface area contributed by atoms with Crippen LogP contribution in [-0.2, 0) is 30.3 Å². The van der Waals surface area contributed by atoms with Crippen molar-refractivity contribution in [3.8, 4) is 5.75 Å². The number of carbonyl (C=O) groups is 1. The van der Waals surface area contributed by atoms with Crippen LogP contribution in [0.15, 0.2) is 78.9 Å². The second kappa shape index (κ2) is 9.93. The number of aromatic nitrogens is 1. The van der Waals surface area contributed by atoms with E-state index < -0.39 is 23.5 Å². The van der Waals surface area contributed by atoms with E-state index in [4.69, 9.17) is 4.74 Å². The molecule has 0 saturated carbocycles. The Kier molecular flexibility index (Phi) is 6.92. The van der Waals surface area contributed by atoms with Crippen molar-refractivity contribution < 1.29 is 35.9 Å². The number of halogens is 6. The molecule has 0 amide bonds. The van der Waals surface area contributed by atoms with Crippen LogP contribution in [0.3, 0.4) is 0 Å². The third-order valence-electron chi connectivity index (χ3n) is 5.57. The highest BCUT2D eigenvalue weighted by molar-refractivity contribution is 5.86. The molecule has 0 spiro atoms. The Balaban J connectivity index is 1.73. The summed E-state index contributed by atoms with van der Waals surface area (Å²) >= 11 is 0. The molecule has 0 atom stereocenters. The van der Waals surface area contributed by atoms with Crippen molar-refractivity contribution in [3.63, 3.8) is 0 Å². The molecule has 0 bridgehead atoms. The van der Waals surface area contributed by atoms with E-state index in [1.807, 2.05) is 30.3 Å². The molecule has 3 nitrogen and oxygen atoms in total. The SMILES string of the molecule is O=CC=Cc1cc2cc(OCc3ccccc3)ccc2n1Cc1ccc(C(F)(F)F)cc1C(F)(F)F. The first-order chi connectivity index (χ1) is 17.1. The molecule has 0 radical (unpaired) electrons. The van der Waals surface area contributed by atoms with E-state index in [2.05, 4.69) is 0 Å². The molecule has 4 rings (SSSR count). The minimum absolute atomic E-state index is 0.123. The minimum atomic E-state index is -4.99. The van der Waals surface area contributed by atoms with Crippen LogP contribution in [0.2, 0.25) is 0 Å². The van der Waals surface area contributed by atoms with Crippen molar-refractivity contribution >= 4 is 23.3 Å². The Morgan fingerprint density at radius 2 is 1.58 bits per heavy atom. The van der Waals surface area contributed by atoms with Crippen molar-refractivity contribution in [1.82, 2.24) is 4.57 Å². The lowest BCUT2D eigenvalue weighted by Crippen LogP contribution is -2.15. The number of aldehydes is 1. The fourth-order valence-electron chi connectivity index (χ4n) is 3.88. The lowest BCUT2D eigenvalue weighted by Gasteiger charge is -2.18. The van der Waals surface area contributed by atoms with E-state index in [9.17, 15) is 31.1 Å². The molecule has 0 aliphatic carbocycles. The van der Waals surface area contributed by atoms with E-state index in [-0.39, 0.29) is 18.2 Å². The Bertz CT molecular complexity index is 1400. The molecule has 1 heterocycles. The summed E-state index contributed by atoms with van der Waals surface area (Å²) in [6.45, 7) is -0.0509. The normalized spacial score (nSPS) is 12.4. The van der Waals surface area contributed by atoms with E-state index in [1.54, 1.807) is 24.3 Å². The topological polar surface area (TPSA) is 31.2 Å². The first-order valence-electron chi connectivity index (χ1n) is 10.8. The van der Waals surface area contributed by atoms with Crippen molar-refractivity contribution in [1.29, 1.82) is 0 Å². The summed E-state index contributed by atoms with van der Waals surface area (Å²) in [6, 6.07) is 17.7. The molecule has 3 aromatic carbocycles. The molecule has 36 heavy (non-hydrogen) atoms. The number of ether oxygens (including phenoxy) is 1. The van der Waals surface area contributed by atoms with Gasteiger partial charge >= 0.3 is 12.4 Å². The average molecular weight is 503 g/mol. The first-order valence-corrected chi connectivity index (χ1v) is 10.8. The number of allylic oxidation sites excluding steroid dienone is 1. The molecule has 1 aromatic heterocycles. The highest BCUT2D eigenvalue weighted by Crippen LogP contribution is 2.38. The third kappa shape index (κ3) is 5.62. The monoisotopic (exact) mass is 503 g/mol. The zero-order valence-electron chi connectivity index (χ0n) is 18.6. The number of benzene rings is 3. The highest BCUT2D eigenvalue weighted by atomic mass is 19.4. The van der Waals surface area contributed by atoms with Gasteiger partial charge in [0, 0.05) is 23.1 Å². The van der Waals surface area contributed by atoms with Crippen molar-refractivity contribution in [2.75, 3.05) is 0 Å². The van der Waals surface area contributed by atoms with Gasteiger partial charge in [0.05, 0.1) is 11.1 Å². The fraction of sp³-hybridized carbons (Fsp3) is 0.148. The summed E-state index contributed by atoms with van der Waals surface area (Å²) in [5.41, 5.74) is -1.19. The van der Waals surface area contributed by atoms with Gasteiger partial charge in [0.1, 0.15) is 18.6 Å². The average Bonchev–Trinajstić information content (AvgIpc) is 3.17. The Labute approximate surface area is 202 Å². The van der Waals surface area contributed by atoms with E-state index in [0.717, 1.165) is 11.6 Å². The molecule has 0 aliphatic rings. The molecular formula is C27H19F6NO2. The van der Waals surface area contributed by atoms with Crippen LogP contribution in [0, 0.1) is 0 Å². The quantitative estimate of drug-likeness (QED) is 0.148. The first kappa shape index (κ1) is 25.1. The molecule has 0 fully saturated rings. The largest absolute Gasteiger partial charge is 0.489 e. The zero-order chi connectivity index (χ0) is 25.9. The highest BCUT2D eigenvalue weighted by Gasteiger charge is 2.38. The van der Waals surface area contributed by atoms with Crippen LogP contribution in [0.5, 0.6) is 5.75 Å². The van der Waals surface area contributed by atoms with Gasteiger partial charge in [0.25, 0.3) is 0 Å². The predicted molar refractivity (Wildman–Crippen MR) is 123 cm³/mol. The maximum absolute atomic E-state index is 13.7. The van der Waals surface area contributed by atoms with E-state index in [1.165, 1.54) is 16.7 Å². The van der Waals surface area contributed by atoms with Crippen LogP contribution < -0.4 is 4.74 Å². The Hall–Kier alpha value is -4.01. The van der Waals surface area contributed by atoms with E-state index >= 15 is 0 Å². The fourth-order valence-corrected chi connectivity index (χ4v) is 3.88. The van der Waals surface area contributed by atoms with Gasteiger partial charge in [-0.2, -0.15) is 26.3 Å². The summed E-state index contributed by atoms with van der Waals surface area (Å²) in [5, 5.41) is 0.631. The van der Waals surface area contributed by atoms with Crippen LogP contribution >= 0.6 is 0 Å². The molecule has 0 aliphatic heterocycles. The minimum Gasteiger partial charge on any atom is -0.489 e. The molecule has 9 heteroatoms. The summed E-state index contributed by atoms with van der Waals surface area (Å²) in [4.78, 5) is 10.9. The number of alkyl halides is 6. The van der Waals surface area contributed by atoms with Crippen LogP contribution in [-0.4, -0.2) is 10.9 Å². The molecule has 0 unspecified atom stereocenters. The lowest BCUT2D eigenvalue weighted by molar-refractivity contribution is -0.143. The second-order valence-corrected chi connectivity index (χ2v) is 8.01. The lowest BCUT2D eigenvalue weighted by atomic mass is 10.0. The Morgan fingerprint density at radius 1 is 0.833 bits per heavy atom. The number of nitrogens with zero attached hydrogens (tertiary/aromatic N) is 1. The van der Waals surface area contributed by atoms with E-state index in [0.29, 0.717) is 41.3 Å². The summed E-state index contributed by atoms with van der Waals surface area (Å²) in [7, 11) is 0. The summed E-state index contributed by atoms with van der Waals surface area (Å²) in [5.74, 6) is 0.528. The number of fused-ring (bicyclic) bond motifs is 1. The van der Waals surface area contributed by atoms with Gasteiger partial charge in [0.2, 0.25) is 0 Å². The van der Waals surface area contributed by atoms with Crippen molar-refractivity contribution in [2.45, 2.75) is 25.5 Å². The number of rotatable bonds is 7. The second-order valence-electron chi connectivity index (χ2n) is 8.01. The maximum Gasteiger partial charge on any atom is 0.416 e. The van der Waals surface area contributed by atoms with Crippen LogP contribution in [0.1, 0.15) is 27.9 Å². The summed E-state index contributed by atoms with van der Waals surface area (Å²) in [6.07, 6.45) is -6.76. The molecule has 4 aromatic rings. The molecule has 186 valence electrons. The van der Waals surface area contributed by atoms with Gasteiger partial charge in [-0.1, -0.05) is 36.4 Å². The molecular weight excluding hydrogens is 484 g/mol.